The standard InChI is InChI=1S/C14H19FN4/c1-3-6-16-13(14-17-9-18-19-14)8-11-4-5-12(15)7-10(11)2/h4-5,7,9,13,16H,3,6,8H2,1-2H3,(H,17,18,19). The van der Waals surface area contributed by atoms with E-state index in [1.54, 1.807) is 6.07 Å². The molecule has 1 heterocycles. The van der Waals surface area contributed by atoms with E-state index in [4.69, 9.17) is 0 Å². The van der Waals surface area contributed by atoms with Crippen LogP contribution >= 0.6 is 0 Å². The fraction of sp³-hybridized carbons (Fsp3) is 0.429. The van der Waals surface area contributed by atoms with Crippen LogP contribution in [0.4, 0.5) is 4.39 Å². The van der Waals surface area contributed by atoms with Crippen molar-refractivity contribution in [2.75, 3.05) is 6.54 Å². The van der Waals surface area contributed by atoms with Crippen LogP contribution in [0.5, 0.6) is 0 Å². The maximum Gasteiger partial charge on any atom is 0.141 e. The first-order chi connectivity index (χ1) is 9.20. The van der Waals surface area contributed by atoms with Gasteiger partial charge in [-0.1, -0.05) is 13.0 Å². The Morgan fingerprint density at radius 2 is 2.26 bits per heavy atom. The van der Waals surface area contributed by atoms with Gasteiger partial charge in [-0.25, -0.2) is 9.37 Å². The molecule has 2 N–H and O–H groups in total. The van der Waals surface area contributed by atoms with Gasteiger partial charge in [0.25, 0.3) is 0 Å². The van der Waals surface area contributed by atoms with Gasteiger partial charge < -0.3 is 5.32 Å². The molecule has 1 unspecified atom stereocenters. The number of rotatable bonds is 6. The molecule has 2 rings (SSSR count). The van der Waals surface area contributed by atoms with Crippen molar-refractivity contribution in [2.24, 2.45) is 0 Å². The first-order valence-electron chi connectivity index (χ1n) is 6.54. The minimum atomic E-state index is -0.195. The van der Waals surface area contributed by atoms with Gasteiger partial charge in [0.2, 0.25) is 0 Å². The van der Waals surface area contributed by atoms with Crippen LogP contribution < -0.4 is 5.32 Å². The Kier molecular flexibility index (Phi) is 4.63. The third-order valence-corrected chi connectivity index (χ3v) is 3.13. The lowest BCUT2D eigenvalue weighted by atomic mass is 10.0. The van der Waals surface area contributed by atoms with E-state index in [2.05, 4.69) is 27.4 Å². The maximum absolute atomic E-state index is 13.1. The number of benzene rings is 1. The quantitative estimate of drug-likeness (QED) is 0.841. The fourth-order valence-electron chi connectivity index (χ4n) is 2.08. The normalized spacial score (nSPS) is 12.6. The molecular weight excluding hydrogens is 243 g/mol. The van der Waals surface area contributed by atoms with Gasteiger partial charge in [-0.2, -0.15) is 5.10 Å². The van der Waals surface area contributed by atoms with Gasteiger partial charge in [-0.15, -0.1) is 0 Å². The van der Waals surface area contributed by atoms with Crippen molar-refractivity contribution in [1.29, 1.82) is 0 Å². The van der Waals surface area contributed by atoms with E-state index in [-0.39, 0.29) is 11.9 Å². The number of nitrogens with one attached hydrogen (secondary N) is 2. The molecule has 4 nitrogen and oxygen atoms in total. The fourth-order valence-corrected chi connectivity index (χ4v) is 2.08. The highest BCUT2D eigenvalue weighted by Gasteiger charge is 2.15. The molecule has 0 fully saturated rings. The molecule has 102 valence electrons. The largest absolute Gasteiger partial charge is 0.307 e. The second kappa shape index (κ2) is 6.43. The summed E-state index contributed by atoms with van der Waals surface area (Å²) in [5.41, 5.74) is 2.08. The minimum Gasteiger partial charge on any atom is -0.307 e. The summed E-state index contributed by atoms with van der Waals surface area (Å²) in [7, 11) is 0. The van der Waals surface area contributed by atoms with Gasteiger partial charge in [0.1, 0.15) is 18.0 Å². The number of halogens is 1. The Morgan fingerprint density at radius 3 is 2.89 bits per heavy atom. The van der Waals surface area contributed by atoms with Gasteiger partial charge in [0, 0.05) is 0 Å². The predicted octanol–water partition coefficient (Wildman–Crippen LogP) is 2.54. The molecule has 2 aromatic rings. The molecule has 1 aromatic carbocycles. The number of aromatic nitrogens is 3. The van der Waals surface area contributed by atoms with Crippen LogP contribution in [0, 0.1) is 12.7 Å². The molecule has 0 spiro atoms. The zero-order valence-electron chi connectivity index (χ0n) is 11.3. The van der Waals surface area contributed by atoms with Crippen molar-refractivity contribution in [3.8, 4) is 0 Å². The van der Waals surface area contributed by atoms with E-state index in [1.807, 2.05) is 13.0 Å². The molecule has 0 radical (unpaired) electrons. The highest BCUT2D eigenvalue weighted by molar-refractivity contribution is 5.27. The van der Waals surface area contributed by atoms with Crippen LogP contribution in [-0.4, -0.2) is 21.7 Å². The Labute approximate surface area is 112 Å². The lowest BCUT2D eigenvalue weighted by Crippen LogP contribution is -2.25. The summed E-state index contributed by atoms with van der Waals surface area (Å²) >= 11 is 0. The molecule has 5 heteroatoms. The van der Waals surface area contributed by atoms with E-state index in [0.29, 0.717) is 0 Å². The first-order valence-corrected chi connectivity index (χ1v) is 6.54. The first kappa shape index (κ1) is 13.7. The van der Waals surface area contributed by atoms with Crippen molar-refractivity contribution in [1.82, 2.24) is 20.5 Å². The molecule has 0 aliphatic rings. The lowest BCUT2D eigenvalue weighted by Gasteiger charge is -2.17. The predicted molar refractivity (Wildman–Crippen MR) is 72.3 cm³/mol. The number of nitrogens with zero attached hydrogens (tertiary/aromatic N) is 2. The highest BCUT2D eigenvalue weighted by Crippen LogP contribution is 2.18. The number of aromatic amines is 1. The van der Waals surface area contributed by atoms with Crippen LogP contribution in [0.1, 0.15) is 36.3 Å². The molecule has 1 atom stereocenters. The summed E-state index contributed by atoms with van der Waals surface area (Å²) in [6.07, 6.45) is 3.32. The molecular formula is C14H19FN4. The molecule has 0 saturated carbocycles. The summed E-state index contributed by atoms with van der Waals surface area (Å²) < 4.78 is 13.1. The number of hydrogen-bond donors (Lipinski definition) is 2. The summed E-state index contributed by atoms with van der Waals surface area (Å²) in [6, 6.07) is 4.97. The molecule has 0 saturated heterocycles. The minimum absolute atomic E-state index is 0.0756. The third-order valence-electron chi connectivity index (χ3n) is 3.13. The summed E-state index contributed by atoms with van der Waals surface area (Å²) in [5, 5.41) is 10.2. The monoisotopic (exact) mass is 262 g/mol. The van der Waals surface area contributed by atoms with Crippen LogP contribution in [0.25, 0.3) is 0 Å². The van der Waals surface area contributed by atoms with Gasteiger partial charge in [0.15, 0.2) is 0 Å². The van der Waals surface area contributed by atoms with E-state index in [9.17, 15) is 4.39 Å². The van der Waals surface area contributed by atoms with Crippen LogP contribution in [-0.2, 0) is 6.42 Å². The van der Waals surface area contributed by atoms with Gasteiger partial charge in [-0.3, -0.25) is 5.10 Å². The third kappa shape index (κ3) is 3.61. The van der Waals surface area contributed by atoms with Crippen LogP contribution in [0.2, 0.25) is 0 Å². The summed E-state index contributed by atoms with van der Waals surface area (Å²) in [5.74, 6) is 0.621. The zero-order chi connectivity index (χ0) is 13.7. The van der Waals surface area contributed by atoms with Crippen molar-refractivity contribution in [3.63, 3.8) is 0 Å². The Morgan fingerprint density at radius 1 is 1.42 bits per heavy atom. The molecule has 0 amide bonds. The van der Waals surface area contributed by atoms with Crippen molar-refractivity contribution in [2.45, 2.75) is 32.7 Å². The summed E-state index contributed by atoms with van der Waals surface area (Å²) in [4.78, 5) is 4.21. The van der Waals surface area contributed by atoms with Crippen molar-refractivity contribution >= 4 is 0 Å². The lowest BCUT2D eigenvalue weighted by molar-refractivity contribution is 0.504. The SMILES string of the molecule is CCCNC(Cc1ccc(F)cc1C)c1ncn[nH]1. The topological polar surface area (TPSA) is 53.6 Å². The molecule has 0 bridgehead atoms. The Hall–Kier alpha value is -1.75. The van der Waals surface area contributed by atoms with Crippen LogP contribution in [0.3, 0.4) is 0 Å². The molecule has 0 aliphatic carbocycles. The second-order valence-electron chi connectivity index (χ2n) is 4.65. The maximum atomic E-state index is 13.1. The second-order valence-corrected chi connectivity index (χ2v) is 4.65. The molecule has 19 heavy (non-hydrogen) atoms. The van der Waals surface area contributed by atoms with Gasteiger partial charge >= 0.3 is 0 Å². The van der Waals surface area contributed by atoms with Crippen molar-refractivity contribution in [3.05, 3.63) is 47.3 Å². The van der Waals surface area contributed by atoms with E-state index >= 15 is 0 Å². The summed E-state index contributed by atoms with van der Waals surface area (Å²) in [6.45, 7) is 4.95. The van der Waals surface area contributed by atoms with E-state index in [1.165, 1.54) is 12.4 Å². The van der Waals surface area contributed by atoms with Gasteiger partial charge in [0.05, 0.1) is 6.04 Å². The number of H-pyrrole nitrogens is 1. The smallest absolute Gasteiger partial charge is 0.141 e. The zero-order valence-corrected chi connectivity index (χ0v) is 11.3. The average molecular weight is 262 g/mol. The average Bonchev–Trinajstić information content (AvgIpc) is 2.90. The number of aryl methyl sites for hydroxylation is 1. The highest BCUT2D eigenvalue weighted by atomic mass is 19.1. The van der Waals surface area contributed by atoms with E-state index < -0.39 is 0 Å². The number of hydrogen-bond acceptors (Lipinski definition) is 3. The van der Waals surface area contributed by atoms with E-state index in [0.717, 1.165) is 36.3 Å². The molecule has 0 aliphatic heterocycles. The van der Waals surface area contributed by atoms with Crippen LogP contribution in [0.15, 0.2) is 24.5 Å². The molecule has 1 aromatic heterocycles. The van der Waals surface area contributed by atoms with Gasteiger partial charge in [-0.05, 0) is 49.6 Å². The van der Waals surface area contributed by atoms with Crippen molar-refractivity contribution < 1.29 is 4.39 Å². The Bertz CT molecular complexity index is 510. The Balaban J connectivity index is 2.15.